The van der Waals surface area contributed by atoms with Crippen molar-refractivity contribution >= 4 is 26.8 Å². The van der Waals surface area contributed by atoms with Crippen LogP contribution in [-0.2, 0) is 9.84 Å². The van der Waals surface area contributed by atoms with Crippen LogP contribution in [0.1, 0.15) is 35.0 Å². The number of hydrogen-bond acceptors (Lipinski definition) is 5. The van der Waals surface area contributed by atoms with Gasteiger partial charge in [-0.05, 0) is 49.2 Å². The molecule has 2 aromatic carbocycles. The SMILES string of the molecule is O=C(c1ccc(S(=O)(=O)C(F)F)cc1)N1CCC(c2nc3ccccc3o2)CC1. The molecule has 29 heavy (non-hydrogen) atoms. The van der Waals surface area contributed by atoms with Crippen LogP contribution >= 0.6 is 0 Å². The Balaban J connectivity index is 1.42. The van der Waals surface area contributed by atoms with Gasteiger partial charge in [0.25, 0.3) is 5.91 Å². The molecule has 9 heteroatoms. The number of carbonyl (C=O) groups is 1. The highest BCUT2D eigenvalue weighted by Crippen LogP contribution is 2.30. The predicted molar refractivity (Wildman–Crippen MR) is 102 cm³/mol. The minimum Gasteiger partial charge on any atom is -0.440 e. The highest BCUT2D eigenvalue weighted by atomic mass is 32.2. The fraction of sp³-hybridized carbons (Fsp3) is 0.300. The van der Waals surface area contributed by atoms with Crippen LogP contribution < -0.4 is 0 Å². The van der Waals surface area contributed by atoms with Gasteiger partial charge in [0, 0.05) is 24.6 Å². The van der Waals surface area contributed by atoms with Crippen molar-refractivity contribution in [2.75, 3.05) is 13.1 Å². The first-order valence-corrected chi connectivity index (χ1v) is 10.7. The van der Waals surface area contributed by atoms with Crippen LogP contribution in [-0.4, -0.2) is 43.1 Å². The molecule has 1 aliphatic heterocycles. The van der Waals surface area contributed by atoms with Crippen molar-refractivity contribution in [2.45, 2.75) is 29.4 Å². The Morgan fingerprint density at radius 2 is 1.72 bits per heavy atom. The molecule has 1 aromatic heterocycles. The number of amides is 1. The van der Waals surface area contributed by atoms with Gasteiger partial charge in [-0.2, -0.15) is 8.78 Å². The van der Waals surface area contributed by atoms with Crippen LogP contribution in [0, 0.1) is 0 Å². The second kappa shape index (κ2) is 7.55. The van der Waals surface area contributed by atoms with Crippen molar-refractivity contribution in [3.8, 4) is 0 Å². The van der Waals surface area contributed by atoms with E-state index < -0.39 is 20.5 Å². The topological polar surface area (TPSA) is 80.5 Å². The maximum absolute atomic E-state index is 12.7. The Bertz CT molecular complexity index is 1100. The summed E-state index contributed by atoms with van der Waals surface area (Å²) < 4.78 is 54.0. The predicted octanol–water partition coefficient (Wildman–Crippen LogP) is 3.84. The van der Waals surface area contributed by atoms with Gasteiger partial charge in [0.15, 0.2) is 11.5 Å². The number of fused-ring (bicyclic) bond motifs is 1. The van der Waals surface area contributed by atoms with Crippen molar-refractivity contribution < 1.29 is 26.4 Å². The number of alkyl halides is 2. The number of sulfone groups is 1. The van der Waals surface area contributed by atoms with E-state index in [-0.39, 0.29) is 17.4 Å². The number of piperidine rings is 1. The van der Waals surface area contributed by atoms with Gasteiger partial charge >= 0.3 is 5.76 Å². The number of halogens is 2. The molecule has 1 aliphatic rings. The van der Waals surface area contributed by atoms with Gasteiger partial charge < -0.3 is 9.32 Å². The van der Waals surface area contributed by atoms with E-state index in [0.29, 0.717) is 31.8 Å². The van der Waals surface area contributed by atoms with Gasteiger partial charge in [0.05, 0.1) is 4.90 Å². The van der Waals surface area contributed by atoms with Gasteiger partial charge in [-0.15, -0.1) is 0 Å². The number of para-hydroxylation sites is 2. The number of benzene rings is 2. The third kappa shape index (κ3) is 3.74. The fourth-order valence-corrected chi connectivity index (χ4v) is 4.19. The van der Waals surface area contributed by atoms with E-state index in [2.05, 4.69) is 4.98 Å². The average Bonchev–Trinajstić information content (AvgIpc) is 3.17. The van der Waals surface area contributed by atoms with Crippen molar-refractivity contribution in [3.63, 3.8) is 0 Å². The molecule has 0 unspecified atom stereocenters. The maximum atomic E-state index is 12.7. The highest BCUT2D eigenvalue weighted by molar-refractivity contribution is 7.91. The van der Waals surface area contributed by atoms with E-state index in [1.807, 2.05) is 24.3 Å². The lowest BCUT2D eigenvalue weighted by atomic mass is 9.96. The molecule has 1 amide bonds. The third-order valence-corrected chi connectivity index (χ3v) is 6.50. The molecule has 0 saturated carbocycles. The molecular formula is C20H18F2N2O4S. The van der Waals surface area contributed by atoms with E-state index in [1.165, 1.54) is 12.1 Å². The van der Waals surface area contributed by atoms with Crippen molar-refractivity contribution in [1.29, 1.82) is 0 Å². The Kier molecular flexibility index (Phi) is 5.08. The summed E-state index contributed by atoms with van der Waals surface area (Å²) in [5.74, 6) is -2.97. The molecule has 1 saturated heterocycles. The molecule has 4 rings (SSSR count). The largest absolute Gasteiger partial charge is 0.440 e. The summed E-state index contributed by atoms with van der Waals surface area (Å²) in [5, 5.41) is 0. The summed E-state index contributed by atoms with van der Waals surface area (Å²) >= 11 is 0. The zero-order chi connectivity index (χ0) is 20.6. The molecule has 0 aliphatic carbocycles. The summed E-state index contributed by atoms with van der Waals surface area (Å²) in [6.45, 7) is 0.999. The van der Waals surface area contributed by atoms with Crippen LogP contribution in [0.5, 0.6) is 0 Å². The Morgan fingerprint density at radius 1 is 1.07 bits per heavy atom. The lowest BCUT2D eigenvalue weighted by Crippen LogP contribution is -2.38. The highest BCUT2D eigenvalue weighted by Gasteiger charge is 2.29. The van der Waals surface area contributed by atoms with E-state index in [9.17, 15) is 22.0 Å². The summed E-state index contributed by atoms with van der Waals surface area (Å²) in [6, 6.07) is 12.2. The van der Waals surface area contributed by atoms with E-state index >= 15 is 0 Å². The third-order valence-electron chi connectivity index (χ3n) is 5.11. The standard InChI is InChI=1S/C20H18F2N2O4S/c21-20(22)29(26,27)15-7-5-14(6-8-15)19(25)24-11-9-13(10-12-24)18-23-16-3-1-2-4-17(16)28-18/h1-8,13,20H,9-12H2. The number of carbonyl (C=O) groups excluding carboxylic acids is 1. The monoisotopic (exact) mass is 420 g/mol. The molecular weight excluding hydrogens is 402 g/mol. The Labute approximate surface area is 166 Å². The number of aromatic nitrogens is 1. The van der Waals surface area contributed by atoms with Crippen LogP contribution in [0.25, 0.3) is 11.1 Å². The van der Waals surface area contributed by atoms with E-state index in [4.69, 9.17) is 4.42 Å². The molecule has 0 atom stereocenters. The zero-order valence-corrected chi connectivity index (χ0v) is 16.1. The summed E-state index contributed by atoms with van der Waals surface area (Å²) in [7, 11) is -4.67. The first-order valence-electron chi connectivity index (χ1n) is 9.13. The second-order valence-corrected chi connectivity index (χ2v) is 8.83. The normalized spacial score (nSPS) is 15.9. The minimum absolute atomic E-state index is 0.116. The maximum Gasteiger partial charge on any atom is 0.341 e. The van der Waals surface area contributed by atoms with Gasteiger partial charge in [-0.1, -0.05) is 12.1 Å². The van der Waals surface area contributed by atoms with Crippen LogP contribution in [0.3, 0.4) is 0 Å². The number of hydrogen-bond donors (Lipinski definition) is 0. The van der Waals surface area contributed by atoms with Crippen LogP contribution in [0.4, 0.5) is 8.78 Å². The average molecular weight is 420 g/mol. The van der Waals surface area contributed by atoms with Crippen molar-refractivity contribution in [2.24, 2.45) is 0 Å². The quantitative estimate of drug-likeness (QED) is 0.641. The molecule has 0 N–H and O–H groups in total. The number of nitrogens with zero attached hydrogens (tertiary/aromatic N) is 2. The van der Waals surface area contributed by atoms with Crippen LogP contribution in [0.15, 0.2) is 57.8 Å². The van der Waals surface area contributed by atoms with E-state index in [0.717, 1.165) is 23.2 Å². The lowest BCUT2D eigenvalue weighted by molar-refractivity contribution is 0.0706. The van der Waals surface area contributed by atoms with E-state index in [1.54, 1.807) is 4.90 Å². The summed E-state index contributed by atoms with van der Waals surface area (Å²) in [5.41, 5.74) is 1.80. The molecule has 2 heterocycles. The molecule has 1 fully saturated rings. The number of oxazole rings is 1. The van der Waals surface area contributed by atoms with Gasteiger partial charge in [-0.25, -0.2) is 13.4 Å². The Morgan fingerprint density at radius 3 is 2.34 bits per heavy atom. The number of likely N-dealkylation sites (tertiary alicyclic amines) is 1. The van der Waals surface area contributed by atoms with Crippen molar-refractivity contribution in [3.05, 3.63) is 60.0 Å². The first-order chi connectivity index (χ1) is 13.9. The molecule has 6 nitrogen and oxygen atoms in total. The molecule has 0 radical (unpaired) electrons. The summed E-state index contributed by atoms with van der Waals surface area (Å²) in [4.78, 5) is 18.4. The molecule has 152 valence electrons. The van der Waals surface area contributed by atoms with Gasteiger partial charge in [0.1, 0.15) is 5.52 Å². The second-order valence-electron chi connectivity index (χ2n) is 6.92. The molecule has 0 spiro atoms. The first kappa shape index (κ1) is 19.5. The number of rotatable bonds is 4. The fourth-order valence-electron chi connectivity index (χ4n) is 3.47. The zero-order valence-electron chi connectivity index (χ0n) is 15.3. The minimum atomic E-state index is -4.67. The van der Waals surface area contributed by atoms with Crippen LogP contribution in [0.2, 0.25) is 0 Å². The van der Waals surface area contributed by atoms with Gasteiger partial charge in [0.2, 0.25) is 9.84 Å². The molecule has 3 aromatic rings. The molecule has 0 bridgehead atoms. The van der Waals surface area contributed by atoms with Gasteiger partial charge in [-0.3, -0.25) is 4.79 Å². The van der Waals surface area contributed by atoms with Crippen molar-refractivity contribution in [1.82, 2.24) is 9.88 Å². The summed E-state index contributed by atoms with van der Waals surface area (Å²) in [6.07, 6.45) is 1.38. The smallest absolute Gasteiger partial charge is 0.341 e. The Hall–Kier alpha value is -2.81. The lowest BCUT2D eigenvalue weighted by Gasteiger charge is -2.30.